The molecule has 0 aromatic heterocycles. The molecule has 0 bridgehead atoms. The van der Waals surface area contributed by atoms with Crippen LogP contribution in [-0.2, 0) is 10.0 Å². The van der Waals surface area contributed by atoms with Gasteiger partial charge in [-0.2, -0.15) is 18.4 Å². The third-order valence-corrected chi connectivity index (χ3v) is 5.56. The number of halogens is 5. The fourth-order valence-electron chi connectivity index (χ4n) is 2.47. The third kappa shape index (κ3) is 5.70. The van der Waals surface area contributed by atoms with Crippen molar-refractivity contribution in [1.82, 2.24) is 14.9 Å². The highest BCUT2D eigenvalue weighted by molar-refractivity contribution is 7.89. The second-order valence-corrected chi connectivity index (χ2v) is 7.62. The average molecular weight is 433 g/mol. The van der Waals surface area contributed by atoms with Crippen LogP contribution in [0.5, 0.6) is 0 Å². The minimum absolute atomic E-state index is 0. The molecular weight excluding hydrogens is 416 g/mol. The molecule has 0 radical (unpaired) electrons. The van der Waals surface area contributed by atoms with Crippen molar-refractivity contribution in [2.24, 2.45) is 0 Å². The normalized spacial score (nSPS) is 17.2. The van der Waals surface area contributed by atoms with Crippen molar-refractivity contribution in [3.63, 3.8) is 0 Å². The van der Waals surface area contributed by atoms with Gasteiger partial charge in [0.2, 0.25) is 10.0 Å². The van der Waals surface area contributed by atoms with Crippen molar-refractivity contribution in [3.05, 3.63) is 28.8 Å². The first-order chi connectivity index (χ1) is 11.6. The number of rotatable bonds is 5. The lowest BCUT2D eigenvalue weighted by atomic mass is 10.2. The van der Waals surface area contributed by atoms with E-state index < -0.39 is 28.8 Å². The van der Waals surface area contributed by atoms with Crippen LogP contribution < -0.4 is 10.0 Å². The molecule has 1 aromatic carbocycles. The van der Waals surface area contributed by atoms with Gasteiger partial charge in [-0.15, -0.1) is 12.4 Å². The van der Waals surface area contributed by atoms with E-state index >= 15 is 0 Å². The van der Waals surface area contributed by atoms with E-state index in [4.69, 9.17) is 16.9 Å². The van der Waals surface area contributed by atoms with Crippen LogP contribution in [-0.4, -0.2) is 58.3 Å². The van der Waals surface area contributed by atoms with Gasteiger partial charge in [-0.3, -0.25) is 4.90 Å². The number of nitrogens with one attached hydrogen (secondary N) is 2. The van der Waals surface area contributed by atoms with Gasteiger partial charge in [-0.05, 0) is 18.2 Å². The van der Waals surface area contributed by atoms with Gasteiger partial charge >= 0.3 is 6.18 Å². The Hall–Kier alpha value is -1.09. The highest BCUT2D eigenvalue weighted by Gasteiger charge is 2.44. The van der Waals surface area contributed by atoms with Gasteiger partial charge < -0.3 is 5.32 Å². The predicted molar refractivity (Wildman–Crippen MR) is 92.9 cm³/mol. The van der Waals surface area contributed by atoms with Crippen molar-refractivity contribution in [3.8, 4) is 6.07 Å². The standard InChI is InChI=1S/C14H16ClF3N4O2S.ClH/c15-12-2-1-11(7-10(12)8-19)25(23,24)21-9-13(14(16,17)18)22-5-3-20-4-6-22;/h1-2,7,13,20-21H,3-6,9H2;1H. The Kier molecular flexibility index (Phi) is 8.13. The summed E-state index contributed by atoms with van der Waals surface area (Å²) in [6, 6.07) is 3.18. The molecule has 2 rings (SSSR count). The van der Waals surface area contributed by atoms with Gasteiger partial charge in [0.1, 0.15) is 12.1 Å². The van der Waals surface area contributed by atoms with Crippen molar-refractivity contribution in [1.29, 1.82) is 5.26 Å². The minimum atomic E-state index is -4.57. The SMILES string of the molecule is Cl.N#Cc1cc(S(=O)(=O)NCC(N2CCNCC2)C(F)(F)F)ccc1Cl. The molecule has 1 fully saturated rings. The van der Waals surface area contributed by atoms with E-state index in [1.807, 2.05) is 4.72 Å². The summed E-state index contributed by atoms with van der Waals surface area (Å²) in [7, 11) is -4.21. The molecule has 26 heavy (non-hydrogen) atoms. The zero-order valence-corrected chi connectivity index (χ0v) is 15.8. The molecule has 146 valence electrons. The predicted octanol–water partition coefficient (Wildman–Crippen LogP) is 1.75. The van der Waals surface area contributed by atoms with Crippen molar-refractivity contribution >= 4 is 34.0 Å². The number of hydrogen-bond acceptors (Lipinski definition) is 5. The van der Waals surface area contributed by atoms with Gasteiger partial charge in [-0.1, -0.05) is 11.6 Å². The van der Waals surface area contributed by atoms with Gasteiger partial charge in [-0.25, -0.2) is 13.1 Å². The molecule has 0 saturated carbocycles. The van der Waals surface area contributed by atoms with Gasteiger partial charge in [0, 0.05) is 32.7 Å². The fraction of sp³-hybridized carbons (Fsp3) is 0.500. The van der Waals surface area contributed by atoms with E-state index in [2.05, 4.69) is 5.32 Å². The summed E-state index contributed by atoms with van der Waals surface area (Å²) >= 11 is 5.74. The maximum Gasteiger partial charge on any atom is 0.405 e. The van der Waals surface area contributed by atoms with Gasteiger partial charge in [0.25, 0.3) is 0 Å². The van der Waals surface area contributed by atoms with Crippen LogP contribution in [0.4, 0.5) is 13.2 Å². The van der Waals surface area contributed by atoms with Crippen molar-refractivity contribution in [2.75, 3.05) is 32.7 Å². The lowest BCUT2D eigenvalue weighted by Crippen LogP contribution is -2.57. The zero-order valence-electron chi connectivity index (χ0n) is 13.4. The van der Waals surface area contributed by atoms with Crippen molar-refractivity contribution in [2.45, 2.75) is 17.1 Å². The molecule has 0 spiro atoms. The molecule has 1 unspecified atom stereocenters. The minimum Gasteiger partial charge on any atom is -0.314 e. The van der Waals surface area contributed by atoms with Crippen LogP contribution in [0.25, 0.3) is 0 Å². The first kappa shape index (κ1) is 23.0. The van der Waals surface area contributed by atoms with E-state index in [9.17, 15) is 21.6 Å². The largest absolute Gasteiger partial charge is 0.405 e. The number of piperazine rings is 1. The topological polar surface area (TPSA) is 85.2 Å². The highest BCUT2D eigenvalue weighted by Crippen LogP contribution is 2.25. The van der Waals surface area contributed by atoms with Crippen LogP contribution in [0.1, 0.15) is 5.56 Å². The molecular formula is C14H17Cl2F3N4O2S. The molecule has 0 aliphatic carbocycles. The van der Waals surface area contributed by atoms with Crippen LogP contribution >= 0.6 is 24.0 Å². The number of nitrogens with zero attached hydrogens (tertiary/aromatic N) is 2. The molecule has 1 aliphatic heterocycles. The van der Waals surface area contributed by atoms with Crippen LogP contribution in [0.15, 0.2) is 23.1 Å². The fourth-order valence-corrected chi connectivity index (χ4v) is 3.70. The smallest absolute Gasteiger partial charge is 0.314 e. The lowest BCUT2D eigenvalue weighted by Gasteiger charge is -2.35. The third-order valence-electron chi connectivity index (χ3n) is 3.81. The van der Waals surface area contributed by atoms with Crippen molar-refractivity contribution < 1.29 is 21.6 Å². The zero-order chi connectivity index (χ0) is 18.7. The number of alkyl halides is 3. The summed E-state index contributed by atoms with van der Waals surface area (Å²) in [6.45, 7) is 0.345. The molecule has 12 heteroatoms. The number of benzene rings is 1. The molecule has 1 aliphatic rings. The van der Waals surface area contributed by atoms with E-state index in [-0.39, 0.29) is 41.0 Å². The summed E-state index contributed by atoms with van der Waals surface area (Å²) in [4.78, 5) is 0.886. The Balaban J connectivity index is 0.00000338. The summed E-state index contributed by atoms with van der Waals surface area (Å²) < 4.78 is 66.4. The molecule has 0 amide bonds. The molecule has 6 nitrogen and oxygen atoms in total. The van der Waals surface area contributed by atoms with Gasteiger partial charge in [0.05, 0.1) is 15.5 Å². The van der Waals surface area contributed by atoms with E-state index in [1.54, 1.807) is 6.07 Å². The summed E-state index contributed by atoms with van der Waals surface area (Å²) in [5.41, 5.74) is -0.0704. The lowest BCUT2D eigenvalue weighted by molar-refractivity contribution is -0.182. The quantitative estimate of drug-likeness (QED) is 0.739. The van der Waals surface area contributed by atoms with E-state index in [1.165, 1.54) is 11.0 Å². The average Bonchev–Trinajstić information content (AvgIpc) is 2.55. The molecule has 2 N–H and O–H groups in total. The van der Waals surface area contributed by atoms with Crippen LogP contribution in [0.3, 0.4) is 0 Å². The first-order valence-corrected chi connectivity index (χ1v) is 9.22. The molecule has 1 atom stereocenters. The Morgan fingerprint density at radius 3 is 2.50 bits per heavy atom. The van der Waals surface area contributed by atoms with Crippen LogP contribution in [0, 0.1) is 11.3 Å². The second kappa shape index (κ2) is 9.21. The molecule has 1 heterocycles. The van der Waals surface area contributed by atoms with Crippen LogP contribution in [0.2, 0.25) is 5.02 Å². The number of sulfonamides is 1. The monoisotopic (exact) mass is 432 g/mol. The molecule has 1 saturated heterocycles. The Morgan fingerprint density at radius 2 is 1.96 bits per heavy atom. The summed E-state index contributed by atoms with van der Waals surface area (Å²) in [6.07, 6.45) is -4.57. The molecule has 1 aromatic rings. The maximum atomic E-state index is 13.3. The highest BCUT2D eigenvalue weighted by atomic mass is 35.5. The van der Waals surface area contributed by atoms with Gasteiger partial charge in [0.15, 0.2) is 0 Å². The second-order valence-electron chi connectivity index (χ2n) is 5.45. The Labute approximate surface area is 160 Å². The van der Waals surface area contributed by atoms with E-state index in [0.717, 1.165) is 12.1 Å². The Bertz CT molecular complexity index is 762. The maximum absolute atomic E-state index is 13.3. The van der Waals surface area contributed by atoms with E-state index in [0.29, 0.717) is 13.1 Å². The number of hydrogen-bond donors (Lipinski definition) is 2. The summed E-state index contributed by atoms with van der Waals surface area (Å²) in [5.74, 6) is 0. The Morgan fingerprint density at radius 1 is 1.35 bits per heavy atom. The first-order valence-electron chi connectivity index (χ1n) is 7.36. The number of nitriles is 1. The summed E-state index contributed by atoms with van der Waals surface area (Å²) in [5, 5.41) is 11.9.